The molecular formula is C32H39F3O8. The molecule has 43 heavy (non-hydrogen) atoms. The van der Waals surface area contributed by atoms with Crippen molar-refractivity contribution in [3.63, 3.8) is 0 Å². The van der Waals surface area contributed by atoms with Crippen LogP contribution in [0.5, 0.6) is 0 Å². The van der Waals surface area contributed by atoms with E-state index in [0.717, 1.165) is 24.8 Å². The molecule has 0 saturated carbocycles. The maximum Gasteiger partial charge on any atom is 0.432 e. The summed E-state index contributed by atoms with van der Waals surface area (Å²) in [5.41, 5.74) is -4.34. The Labute approximate surface area is 249 Å². The number of alkyl halides is 3. The summed E-state index contributed by atoms with van der Waals surface area (Å²) in [4.78, 5) is 38.5. The molecule has 1 saturated heterocycles. The minimum absolute atomic E-state index is 0.0144. The zero-order valence-corrected chi connectivity index (χ0v) is 25.0. The van der Waals surface area contributed by atoms with Gasteiger partial charge in [0.05, 0.1) is 5.60 Å². The predicted molar refractivity (Wildman–Crippen MR) is 150 cm³/mol. The van der Waals surface area contributed by atoms with Crippen molar-refractivity contribution in [1.29, 1.82) is 0 Å². The van der Waals surface area contributed by atoms with E-state index >= 15 is 0 Å². The summed E-state index contributed by atoms with van der Waals surface area (Å²) in [6, 6.07) is 6.34. The van der Waals surface area contributed by atoms with Crippen molar-refractivity contribution in [2.24, 2.45) is 5.92 Å². The van der Waals surface area contributed by atoms with Crippen LogP contribution in [0.1, 0.15) is 65.4 Å². The maximum atomic E-state index is 14.7. The van der Waals surface area contributed by atoms with Gasteiger partial charge in [0.25, 0.3) is 5.60 Å². The number of benzene rings is 1. The number of esters is 3. The molecule has 236 valence electrons. The number of ether oxygens (including phenoxy) is 4. The number of fused-ring (bicyclic) bond motifs is 1. The van der Waals surface area contributed by atoms with Crippen LogP contribution in [0, 0.1) is 5.92 Å². The van der Waals surface area contributed by atoms with Crippen molar-refractivity contribution in [2.75, 3.05) is 7.11 Å². The van der Waals surface area contributed by atoms with Crippen LogP contribution >= 0.6 is 0 Å². The molecule has 6 atom stereocenters. The van der Waals surface area contributed by atoms with Gasteiger partial charge in [0.15, 0.2) is 12.2 Å². The highest BCUT2D eigenvalue weighted by atomic mass is 19.4. The lowest BCUT2D eigenvalue weighted by atomic mass is 9.80. The summed E-state index contributed by atoms with van der Waals surface area (Å²) in [6.07, 6.45) is -3.99. The summed E-state index contributed by atoms with van der Waals surface area (Å²) in [5.74, 6) is -4.21. The van der Waals surface area contributed by atoms with Gasteiger partial charge in [-0.15, -0.1) is 0 Å². The summed E-state index contributed by atoms with van der Waals surface area (Å²) < 4.78 is 65.6. The fourth-order valence-corrected chi connectivity index (χ4v) is 5.55. The minimum atomic E-state index is -5.24. The molecule has 1 aromatic carbocycles. The van der Waals surface area contributed by atoms with E-state index in [9.17, 15) is 32.7 Å². The van der Waals surface area contributed by atoms with Crippen molar-refractivity contribution >= 4 is 17.9 Å². The maximum absolute atomic E-state index is 14.7. The number of hydrogen-bond donors (Lipinski definition) is 1. The largest absolute Gasteiger partial charge is 0.457 e. The summed E-state index contributed by atoms with van der Waals surface area (Å²) in [6.45, 7) is 9.99. The van der Waals surface area contributed by atoms with Crippen LogP contribution < -0.4 is 0 Å². The number of carbonyl (C=O) groups excluding carboxylic acids is 3. The summed E-state index contributed by atoms with van der Waals surface area (Å²) in [7, 11) is 0.751. The molecule has 3 rings (SSSR count). The number of hydrogen-bond acceptors (Lipinski definition) is 8. The highest BCUT2D eigenvalue weighted by Gasteiger charge is 2.65. The first-order valence-electron chi connectivity index (χ1n) is 14.0. The number of rotatable bonds is 5. The topological polar surface area (TPSA) is 108 Å². The van der Waals surface area contributed by atoms with Crippen LogP contribution in [-0.2, 0) is 38.9 Å². The van der Waals surface area contributed by atoms with Gasteiger partial charge >= 0.3 is 24.1 Å². The number of halogens is 3. The third-order valence-electron chi connectivity index (χ3n) is 8.12. The van der Waals surface area contributed by atoms with Gasteiger partial charge in [0.1, 0.15) is 6.10 Å². The molecule has 0 radical (unpaired) electrons. The zero-order valence-electron chi connectivity index (χ0n) is 25.0. The van der Waals surface area contributed by atoms with Gasteiger partial charge in [-0.25, -0.2) is 9.59 Å². The lowest BCUT2D eigenvalue weighted by Crippen LogP contribution is -2.55. The second kappa shape index (κ2) is 13.5. The molecule has 1 aliphatic carbocycles. The fourth-order valence-electron chi connectivity index (χ4n) is 5.55. The van der Waals surface area contributed by atoms with Crippen LogP contribution in [0.2, 0.25) is 0 Å². The quantitative estimate of drug-likeness (QED) is 0.198. The minimum Gasteiger partial charge on any atom is -0.457 e. The molecule has 0 spiro atoms. The van der Waals surface area contributed by atoms with Gasteiger partial charge in [-0.05, 0) is 58.4 Å². The van der Waals surface area contributed by atoms with E-state index in [-0.39, 0.29) is 18.4 Å². The molecule has 1 fully saturated rings. The highest BCUT2D eigenvalue weighted by molar-refractivity contribution is 5.91. The van der Waals surface area contributed by atoms with Crippen molar-refractivity contribution in [2.45, 2.75) is 95.5 Å². The number of aliphatic hydroxyl groups is 1. The molecule has 1 aliphatic heterocycles. The Bertz CT molecular complexity index is 1270. The lowest BCUT2D eigenvalue weighted by molar-refractivity contribution is -0.281. The molecule has 1 heterocycles. The molecular weight excluding hydrogens is 569 g/mol. The Balaban J connectivity index is 2.14. The number of carbonyl (C=O) groups is 3. The van der Waals surface area contributed by atoms with E-state index in [2.05, 4.69) is 6.58 Å². The summed E-state index contributed by atoms with van der Waals surface area (Å²) in [5, 5.41) is 11.6. The Kier molecular flexibility index (Phi) is 10.7. The van der Waals surface area contributed by atoms with Crippen LogP contribution in [0.15, 0.2) is 65.8 Å². The molecule has 11 heteroatoms. The predicted octanol–water partition coefficient (Wildman–Crippen LogP) is 5.64. The van der Waals surface area contributed by atoms with Crippen LogP contribution in [0.3, 0.4) is 0 Å². The van der Waals surface area contributed by atoms with E-state index < -0.39 is 65.1 Å². The molecule has 1 aromatic rings. The van der Waals surface area contributed by atoms with Crippen molar-refractivity contribution in [1.82, 2.24) is 0 Å². The van der Waals surface area contributed by atoms with Crippen LogP contribution in [-0.4, -0.2) is 60.2 Å². The third kappa shape index (κ3) is 7.38. The first-order valence-corrected chi connectivity index (χ1v) is 14.0. The smallest absolute Gasteiger partial charge is 0.432 e. The van der Waals surface area contributed by atoms with Crippen molar-refractivity contribution in [3.8, 4) is 0 Å². The normalized spacial score (nSPS) is 31.2. The van der Waals surface area contributed by atoms with E-state index in [1.807, 2.05) is 19.1 Å². The van der Waals surface area contributed by atoms with Crippen molar-refractivity contribution in [3.05, 3.63) is 71.3 Å². The van der Waals surface area contributed by atoms with E-state index in [1.165, 1.54) is 32.0 Å². The lowest BCUT2D eigenvalue weighted by Gasteiger charge is -2.39. The first kappa shape index (κ1) is 34.1. The summed E-state index contributed by atoms with van der Waals surface area (Å²) >= 11 is 0. The molecule has 0 unspecified atom stereocenters. The van der Waals surface area contributed by atoms with Gasteiger partial charge in [0.2, 0.25) is 0 Å². The standard InChI is InChI=1S/C32H39F3O8/c1-19-12-10-14-20(2)26(41-22(4)36)27-24(21(3)28(37)43-27)18-25(30(5,39)17-11-13-19)42-29(38)31(40-6,32(33,34)35)23-15-8-7-9-16-23/h7-9,13-16,24-27,39H,3,10-12,17-18H2,1-2,4-6H3/b19-13+,20-14+/t24-,25+,26+,27-,30-,31+/m1/s1. The average Bonchev–Trinajstić information content (AvgIpc) is 3.19. The fraction of sp³-hybridized carbons (Fsp3) is 0.531. The first-order chi connectivity index (χ1) is 20.0. The monoisotopic (exact) mass is 608 g/mol. The van der Waals surface area contributed by atoms with Crippen LogP contribution in [0.25, 0.3) is 0 Å². The SMILES string of the molecule is C=C1C(=O)O[C@@H]2[C@@H]1C[C@H](OC(=O)[C@@](OC)(c1ccccc1)C(F)(F)F)[C@](C)(O)CC/C=C(\C)CC/C=C(\C)[C@@H]2OC(C)=O. The molecule has 0 amide bonds. The van der Waals surface area contributed by atoms with Gasteiger partial charge in [-0.1, -0.05) is 54.6 Å². The zero-order chi connectivity index (χ0) is 32.2. The molecule has 8 nitrogen and oxygen atoms in total. The Morgan fingerprint density at radius 2 is 1.74 bits per heavy atom. The van der Waals surface area contributed by atoms with Gasteiger partial charge < -0.3 is 24.1 Å². The van der Waals surface area contributed by atoms with Gasteiger partial charge in [-0.2, -0.15) is 13.2 Å². The molecule has 0 aromatic heterocycles. The Morgan fingerprint density at radius 1 is 1.09 bits per heavy atom. The van der Waals surface area contributed by atoms with E-state index in [1.54, 1.807) is 6.92 Å². The second-order valence-corrected chi connectivity index (χ2v) is 11.3. The molecule has 0 bridgehead atoms. The van der Waals surface area contributed by atoms with Crippen LogP contribution in [0.4, 0.5) is 13.2 Å². The van der Waals surface area contributed by atoms with Crippen molar-refractivity contribution < 1.29 is 51.6 Å². The Hall–Kier alpha value is -3.44. The number of allylic oxidation sites excluding steroid dienone is 3. The van der Waals surface area contributed by atoms with Gasteiger partial charge in [0, 0.05) is 31.1 Å². The number of methoxy groups -OCH3 is 1. The second-order valence-electron chi connectivity index (χ2n) is 11.3. The molecule has 1 N–H and O–H groups in total. The average molecular weight is 609 g/mol. The molecule has 2 aliphatic rings. The van der Waals surface area contributed by atoms with Gasteiger partial charge in [-0.3, -0.25) is 4.79 Å². The Morgan fingerprint density at radius 3 is 2.33 bits per heavy atom. The highest BCUT2D eigenvalue weighted by Crippen LogP contribution is 2.45. The third-order valence-corrected chi connectivity index (χ3v) is 8.12. The van der Waals surface area contributed by atoms with E-state index in [4.69, 9.17) is 18.9 Å². The van der Waals surface area contributed by atoms with E-state index in [0.29, 0.717) is 24.8 Å².